The van der Waals surface area contributed by atoms with Gasteiger partial charge in [0.1, 0.15) is 11.3 Å². The van der Waals surface area contributed by atoms with E-state index in [9.17, 15) is 4.79 Å². The highest BCUT2D eigenvalue weighted by Crippen LogP contribution is 2.30. The van der Waals surface area contributed by atoms with Crippen molar-refractivity contribution in [2.45, 2.75) is 6.92 Å². The van der Waals surface area contributed by atoms with Crippen LogP contribution in [0.1, 0.15) is 16.1 Å². The van der Waals surface area contributed by atoms with Gasteiger partial charge in [-0.05, 0) is 43.3 Å². The largest absolute Gasteiger partial charge is 0.355 e. The normalized spacial score (nSPS) is 10.6. The van der Waals surface area contributed by atoms with Gasteiger partial charge in [-0.2, -0.15) is 0 Å². The van der Waals surface area contributed by atoms with Gasteiger partial charge >= 0.3 is 0 Å². The predicted molar refractivity (Wildman–Crippen MR) is 110 cm³/mol. The first kappa shape index (κ1) is 17.7. The van der Waals surface area contributed by atoms with Crippen molar-refractivity contribution in [3.05, 3.63) is 70.6 Å². The number of hydrogen-bond acceptors (Lipinski definition) is 5. The Morgan fingerprint density at radius 3 is 2.71 bits per heavy atom. The second-order valence-electron chi connectivity index (χ2n) is 6.09. The van der Waals surface area contributed by atoms with Gasteiger partial charge in [-0.3, -0.25) is 4.79 Å². The Labute approximate surface area is 165 Å². The van der Waals surface area contributed by atoms with Gasteiger partial charge in [0, 0.05) is 29.9 Å². The van der Waals surface area contributed by atoms with E-state index in [0.717, 1.165) is 33.5 Å². The minimum atomic E-state index is -0.118. The minimum Gasteiger partial charge on any atom is -0.355 e. The van der Waals surface area contributed by atoms with Crippen molar-refractivity contribution in [1.29, 1.82) is 0 Å². The number of benzene rings is 1. The third-order valence-corrected chi connectivity index (χ3v) is 5.04. The fourth-order valence-corrected chi connectivity index (χ4v) is 3.66. The Kier molecular flexibility index (Phi) is 4.51. The van der Waals surface area contributed by atoms with E-state index in [-0.39, 0.29) is 5.91 Å². The van der Waals surface area contributed by atoms with Gasteiger partial charge in [0.15, 0.2) is 10.8 Å². The third kappa shape index (κ3) is 3.19. The van der Waals surface area contributed by atoms with Crippen molar-refractivity contribution in [3.63, 3.8) is 0 Å². The molecule has 0 fully saturated rings. The molecule has 2 N–H and O–H groups in total. The molecule has 3 heterocycles. The van der Waals surface area contributed by atoms with E-state index in [0.29, 0.717) is 11.3 Å². The summed E-state index contributed by atoms with van der Waals surface area (Å²) in [7, 11) is 1.61. The quantitative estimate of drug-likeness (QED) is 0.508. The number of nitrogens with zero attached hydrogens (tertiary/aromatic N) is 4. The number of aryl methyl sites for hydroxylation is 1. The van der Waals surface area contributed by atoms with Crippen LogP contribution < -0.4 is 10.6 Å². The summed E-state index contributed by atoms with van der Waals surface area (Å²) >= 11 is 1.49. The monoisotopic (exact) mass is 388 g/mol. The number of fused-ring (bicyclic) bond motifs is 1. The first-order valence-corrected chi connectivity index (χ1v) is 9.38. The van der Waals surface area contributed by atoms with Crippen LogP contribution in [0.3, 0.4) is 0 Å². The molecule has 0 radical (unpaired) electrons. The molecule has 4 rings (SSSR count). The summed E-state index contributed by atoms with van der Waals surface area (Å²) in [6.07, 6.45) is 1.85. The van der Waals surface area contributed by atoms with E-state index in [4.69, 9.17) is 6.57 Å². The van der Waals surface area contributed by atoms with Gasteiger partial charge in [0.05, 0.1) is 18.0 Å². The van der Waals surface area contributed by atoms with Gasteiger partial charge in [0.25, 0.3) is 5.91 Å². The number of rotatable bonds is 4. The van der Waals surface area contributed by atoms with Gasteiger partial charge < -0.3 is 15.0 Å². The fourth-order valence-electron chi connectivity index (χ4n) is 2.94. The van der Waals surface area contributed by atoms with Gasteiger partial charge in [-0.15, -0.1) is 11.3 Å². The number of thiazole rings is 1. The molecular weight excluding hydrogens is 372 g/mol. The molecule has 1 amide bonds. The zero-order valence-corrected chi connectivity index (χ0v) is 16.0. The number of nitrogens with one attached hydrogen (secondary N) is 2. The summed E-state index contributed by atoms with van der Waals surface area (Å²) in [5, 5.41) is 8.58. The Morgan fingerprint density at radius 1 is 1.21 bits per heavy atom. The maximum Gasteiger partial charge on any atom is 0.251 e. The topological polar surface area (TPSA) is 75.7 Å². The summed E-state index contributed by atoms with van der Waals surface area (Å²) in [5.74, 6) is -0.118. The Balaban J connectivity index is 1.61. The second kappa shape index (κ2) is 7.13. The van der Waals surface area contributed by atoms with Crippen molar-refractivity contribution < 1.29 is 4.79 Å². The summed E-state index contributed by atoms with van der Waals surface area (Å²) in [5.41, 5.74) is 5.33. The molecule has 0 bridgehead atoms. The molecule has 8 heteroatoms. The lowest BCUT2D eigenvalue weighted by atomic mass is 10.2. The number of hydrogen-bond donors (Lipinski definition) is 2. The van der Waals surface area contributed by atoms with Gasteiger partial charge in [-0.25, -0.2) is 14.8 Å². The number of aromatic nitrogens is 3. The number of carbonyl (C=O) groups is 1. The van der Waals surface area contributed by atoms with E-state index < -0.39 is 0 Å². The van der Waals surface area contributed by atoms with Crippen LogP contribution in [0.4, 0.5) is 16.5 Å². The van der Waals surface area contributed by atoms with E-state index in [1.165, 1.54) is 11.3 Å². The number of pyridine rings is 1. The SMILES string of the molecule is [C-]#[N+]c1ccn2c(-c3csc(Nc4ccc(C(=O)NC)cc4)n3)c(C)nc2c1. The van der Waals surface area contributed by atoms with Crippen molar-refractivity contribution in [3.8, 4) is 11.4 Å². The van der Waals surface area contributed by atoms with E-state index in [1.54, 1.807) is 31.3 Å². The van der Waals surface area contributed by atoms with Crippen LogP contribution in [0.15, 0.2) is 48.0 Å². The average molecular weight is 388 g/mol. The highest BCUT2D eigenvalue weighted by atomic mass is 32.1. The maximum atomic E-state index is 11.6. The Bertz CT molecular complexity index is 1220. The van der Waals surface area contributed by atoms with Crippen molar-refractivity contribution in [1.82, 2.24) is 19.7 Å². The zero-order valence-electron chi connectivity index (χ0n) is 15.2. The summed E-state index contributed by atoms with van der Waals surface area (Å²) in [6.45, 7) is 9.08. The highest BCUT2D eigenvalue weighted by Gasteiger charge is 2.15. The minimum absolute atomic E-state index is 0.118. The number of anilines is 2. The van der Waals surface area contributed by atoms with Crippen molar-refractivity contribution >= 4 is 39.4 Å². The fraction of sp³-hybridized carbons (Fsp3) is 0.100. The predicted octanol–water partition coefficient (Wildman–Crippen LogP) is 4.42. The summed E-state index contributed by atoms with van der Waals surface area (Å²) in [4.78, 5) is 24.3. The van der Waals surface area contributed by atoms with E-state index in [1.807, 2.05) is 35.0 Å². The second-order valence-corrected chi connectivity index (χ2v) is 6.95. The molecular formula is C20H16N6OS. The zero-order chi connectivity index (χ0) is 19.7. The number of amides is 1. The van der Waals surface area contributed by atoms with Crippen LogP contribution in [0, 0.1) is 13.5 Å². The molecule has 0 spiro atoms. The number of imidazole rings is 1. The average Bonchev–Trinajstić information content (AvgIpc) is 3.30. The lowest BCUT2D eigenvalue weighted by molar-refractivity contribution is 0.0963. The van der Waals surface area contributed by atoms with Gasteiger partial charge in [-0.1, -0.05) is 0 Å². The summed E-state index contributed by atoms with van der Waals surface area (Å²) in [6, 6.07) is 10.7. The molecule has 138 valence electrons. The molecule has 0 saturated carbocycles. The molecule has 7 nitrogen and oxygen atoms in total. The van der Waals surface area contributed by atoms with Crippen LogP contribution in [0.25, 0.3) is 21.9 Å². The number of carbonyl (C=O) groups excluding carboxylic acids is 1. The van der Waals surface area contributed by atoms with Crippen LogP contribution in [0.5, 0.6) is 0 Å². The molecule has 0 aliphatic carbocycles. The molecule has 0 unspecified atom stereocenters. The standard InChI is InChI=1S/C20H16N6OS/c1-12-18(26-9-8-15(21-2)10-17(26)23-12)16-11-28-20(25-16)24-14-6-4-13(5-7-14)19(27)22-3/h4-11H,1,3H3,(H,22,27)(H,24,25). The molecule has 3 aromatic heterocycles. The molecule has 1 aromatic carbocycles. The molecule has 4 aromatic rings. The molecule has 0 saturated heterocycles. The van der Waals surface area contributed by atoms with Gasteiger partial charge in [0.2, 0.25) is 0 Å². The summed E-state index contributed by atoms with van der Waals surface area (Å²) < 4.78 is 1.95. The molecule has 28 heavy (non-hydrogen) atoms. The lowest BCUT2D eigenvalue weighted by Crippen LogP contribution is -2.17. The highest BCUT2D eigenvalue weighted by molar-refractivity contribution is 7.14. The first-order chi connectivity index (χ1) is 13.6. The lowest BCUT2D eigenvalue weighted by Gasteiger charge is -2.04. The van der Waals surface area contributed by atoms with E-state index in [2.05, 4.69) is 25.4 Å². The Morgan fingerprint density at radius 2 is 2.00 bits per heavy atom. The van der Waals surface area contributed by atoms with Crippen LogP contribution in [0.2, 0.25) is 0 Å². The first-order valence-electron chi connectivity index (χ1n) is 8.50. The van der Waals surface area contributed by atoms with Crippen LogP contribution >= 0.6 is 11.3 Å². The van der Waals surface area contributed by atoms with Crippen molar-refractivity contribution in [2.24, 2.45) is 0 Å². The third-order valence-electron chi connectivity index (χ3n) is 4.29. The Hall–Kier alpha value is -3.70. The molecule has 0 aliphatic rings. The van der Waals surface area contributed by atoms with E-state index >= 15 is 0 Å². The maximum absolute atomic E-state index is 11.6. The van der Waals surface area contributed by atoms with Crippen molar-refractivity contribution in [2.75, 3.05) is 12.4 Å². The van der Waals surface area contributed by atoms with Crippen LogP contribution in [-0.2, 0) is 0 Å². The smallest absolute Gasteiger partial charge is 0.251 e. The molecule has 0 atom stereocenters. The molecule has 0 aliphatic heterocycles. The van der Waals surface area contributed by atoms with Crippen LogP contribution in [-0.4, -0.2) is 27.3 Å².